The van der Waals surface area contributed by atoms with Crippen LogP contribution in [0.2, 0.25) is 0 Å². The average molecular weight is 167 g/mol. The van der Waals surface area contributed by atoms with E-state index < -0.39 is 0 Å². The number of nitrogens with one attached hydrogen (secondary N) is 1. The van der Waals surface area contributed by atoms with Crippen molar-refractivity contribution in [3.05, 3.63) is 11.8 Å². The van der Waals surface area contributed by atoms with Gasteiger partial charge < -0.3 is 9.74 Å². The lowest BCUT2D eigenvalue weighted by atomic mass is 10.1. The molecule has 0 aromatic rings. The van der Waals surface area contributed by atoms with Crippen molar-refractivity contribution < 1.29 is 9.63 Å². The van der Waals surface area contributed by atoms with Crippen LogP contribution in [0.25, 0.3) is 0 Å². The Hall–Kier alpha value is -1.52. The van der Waals surface area contributed by atoms with Crippen molar-refractivity contribution in [2.75, 3.05) is 13.7 Å². The summed E-state index contributed by atoms with van der Waals surface area (Å²) in [6, 6.07) is -0.178. The fourth-order valence-corrected chi connectivity index (χ4v) is 1.15. The highest BCUT2D eigenvalue weighted by Crippen LogP contribution is 2.13. The van der Waals surface area contributed by atoms with Crippen LogP contribution in [0.15, 0.2) is 16.9 Å². The Kier molecular flexibility index (Phi) is 1.49. The van der Waals surface area contributed by atoms with E-state index in [2.05, 4.69) is 10.5 Å². The van der Waals surface area contributed by atoms with Crippen LogP contribution >= 0.6 is 0 Å². The first kappa shape index (κ1) is 7.15. The number of hydrogen-bond acceptors (Lipinski definition) is 3. The smallest absolute Gasteiger partial charge is 0.326 e. The van der Waals surface area contributed by atoms with E-state index in [1.54, 1.807) is 13.2 Å². The molecule has 0 aromatic heterocycles. The maximum absolute atomic E-state index is 11.1. The molecule has 0 bridgehead atoms. The first-order valence-corrected chi connectivity index (χ1v) is 3.72. The molecule has 0 saturated heterocycles. The van der Waals surface area contributed by atoms with Crippen LogP contribution in [0.3, 0.4) is 0 Å². The molecule has 1 N–H and O–H groups in total. The summed E-state index contributed by atoms with van der Waals surface area (Å²) >= 11 is 0. The predicted molar refractivity (Wildman–Crippen MR) is 42.4 cm³/mol. The Morgan fingerprint density at radius 2 is 2.58 bits per heavy atom. The molecule has 12 heavy (non-hydrogen) atoms. The van der Waals surface area contributed by atoms with Crippen LogP contribution in [0.1, 0.15) is 6.42 Å². The molecule has 5 heteroatoms. The highest BCUT2D eigenvalue weighted by atomic mass is 16.6. The number of carbonyl (C=O) groups excluding carboxylic acids is 1. The summed E-state index contributed by atoms with van der Waals surface area (Å²) in [6.45, 7) is 0.582. The summed E-state index contributed by atoms with van der Waals surface area (Å²) in [4.78, 5) is 17.4. The average Bonchev–Trinajstić information content (AvgIpc) is 2.07. The molecule has 0 spiro atoms. The Labute approximate surface area is 69.7 Å². The molecule has 64 valence electrons. The van der Waals surface area contributed by atoms with Crippen molar-refractivity contribution in [3.8, 4) is 0 Å². The van der Waals surface area contributed by atoms with E-state index in [0.29, 0.717) is 12.4 Å². The predicted octanol–water partition coefficient (Wildman–Crippen LogP) is 0.259. The fraction of sp³-hybridized carbons (Fsp3) is 0.429. The largest absolute Gasteiger partial charge is 0.394 e. The van der Waals surface area contributed by atoms with Crippen molar-refractivity contribution in [3.63, 3.8) is 0 Å². The number of hydrogen-bond donors (Lipinski definition) is 1. The van der Waals surface area contributed by atoms with Gasteiger partial charge in [0.15, 0.2) is 5.84 Å². The van der Waals surface area contributed by atoms with Gasteiger partial charge in [-0.2, -0.15) is 0 Å². The van der Waals surface area contributed by atoms with E-state index in [-0.39, 0.29) is 6.03 Å². The Morgan fingerprint density at radius 3 is 3.42 bits per heavy atom. The molecule has 0 aliphatic carbocycles. The highest BCUT2D eigenvalue weighted by molar-refractivity contribution is 6.09. The van der Waals surface area contributed by atoms with Crippen LogP contribution in [-0.4, -0.2) is 30.4 Å². The molecule has 0 saturated carbocycles. The Balaban J connectivity index is 2.33. The van der Waals surface area contributed by atoms with Gasteiger partial charge in [-0.25, -0.2) is 4.79 Å². The summed E-state index contributed by atoms with van der Waals surface area (Å²) in [6.07, 6.45) is 2.57. The summed E-state index contributed by atoms with van der Waals surface area (Å²) in [5.74, 6) is 0.546. The monoisotopic (exact) mass is 167 g/mol. The minimum atomic E-state index is -0.178. The summed E-state index contributed by atoms with van der Waals surface area (Å²) in [5.41, 5.74) is 1.02. The number of oxime groups is 1. The third-order valence-electron chi connectivity index (χ3n) is 1.82. The minimum Gasteiger partial charge on any atom is -0.394 e. The molecular weight excluding hydrogens is 158 g/mol. The molecule has 0 unspecified atom stereocenters. The third-order valence-corrected chi connectivity index (χ3v) is 1.82. The van der Waals surface area contributed by atoms with Crippen molar-refractivity contribution in [1.82, 2.24) is 10.2 Å². The van der Waals surface area contributed by atoms with Gasteiger partial charge in [-0.1, -0.05) is 5.16 Å². The van der Waals surface area contributed by atoms with Gasteiger partial charge in [-0.3, -0.25) is 5.32 Å². The number of amides is 2. The van der Waals surface area contributed by atoms with Gasteiger partial charge in [-0.15, -0.1) is 0 Å². The van der Waals surface area contributed by atoms with Crippen LogP contribution in [-0.2, 0) is 4.84 Å². The van der Waals surface area contributed by atoms with Crippen LogP contribution in [0.5, 0.6) is 0 Å². The summed E-state index contributed by atoms with van der Waals surface area (Å²) in [5, 5.41) is 6.34. The standard InChI is InChI=1S/C7H9N3O2/c1-10-4-5-2-3-12-9-6(5)8-7(10)11/h4H,2-3H2,1H3,(H,8,9,11). The molecule has 2 aliphatic rings. The SMILES string of the molecule is CN1C=C2CCON=C2NC1=O. The zero-order valence-corrected chi connectivity index (χ0v) is 6.70. The first-order valence-electron chi connectivity index (χ1n) is 3.72. The molecule has 0 fully saturated rings. The van der Waals surface area contributed by atoms with E-state index in [1.807, 2.05) is 0 Å². The second kappa shape index (κ2) is 2.51. The van der Waals surface area contributed by atoms with Gasteiger partial charge in [0.1, 0.15) is 6.61 Å². The number of fused-ring (bicyclic) bond motifs is 1. The van der Waals surface area contributed by atoms with E-state index in [0.717, 1.165) is 12.0 Å². The first-order chi connectivity index (χ1) is 5.77. The lowest BCUT2D eigenvalue weighted by Crippen LogP contribution is -2.44. The van der Waals surface area contributed by atoms with Gasteiger partial charge in [0.05, 0.1) is 0 Å². The number of nitrogens with zero attached hydrogens (tertiary/aromatic N) is 2. The number of rotatable bonds is 0. The lowest BCUT2D eigenvalue weighted by molar-refractivity contribution is 0.137. The fourth-order valence-electron chi connectivity index (χ4n) is 1.15. The van der Waals surface area contributed by atoms with E-state index >= 15 is 0 Å². The lowest BCUT2D eigenvalue weighted by Gasteiger charge is -2.25. The minimum absolute atomic E-state index is 0.178. The van der Waals surface area contributed by atoms with Gasteiger partial charge in [0.25, 0.3) is 0 Å². The van der Waals surface area contributed by atoms with E-state index in [4.69, 9.17) is 4.84 Å². The maximum atomic E-state index is 11.1. The number of amidine groups is 1. The van der Waals surface area contributed by atoms with Crippen LogP contribution in [0.4, 0.5) is 4.79 Å². The zero-order valence-electron chi connectivity index (χ0n) is 6.70. The molecule has 2 heterocycles. The molecule has 2 rings (SSSR count). The molecule has 2 aliphatic heterocycles. The Bertz CT molecular complexity index is 282. The van der Waals surface area contributed by atoms with E-state index in [9.17, 15) is 4.79 Å². The van der Waals surface area contributed by atoms with Gasteiger partial charge in [-0.05, 0) is 0 Å². The Morgan fingerprint density at radius 1 is 1.75 bits per heavy atom. The van der Waals surface area contributed by atoms with E-state index in [1.165, 1.54) is 4.90 Å². The van der Waals surface area contributed by atoms with Gasteiger partial charge in [0, 0.05) is 25.2 Å². The third kappa shape index (κ3) is 1.03. The van der Waals surface area contributed by atoms with Crippen molar-refractivity contribution in [2.24, 2.45) is 5.16 Å². The molecule has 5 nitrogen and oxygen atoms in total. The van der Waals surface area contributed by atoms with Crippen molar-refractivity contribution in [1.29, 1.82) is 0 Å². The molecule has 0 aromatic carbocycles. The molecule has 0 atom stereocenters. The highest BCUT2D eigenvalue weighted by Gasteiger charge is 2.23. The maximum Gasteiger partial charge on any atom is 0.326 e. The van der Waals surface area contributed by atoms with Gasteiger partial charge in [0.2, 0.25) is 0 Å². The second-order valence-corrected chi connectivity index (χ2v) is 2.72. The summed E-state index contributed by atoms with van der Waals surface area (Å²) < 4.78 is 0. The normalized spacial score (nSPS) is 21.8. The molecule has 2 amide bonds. The van der Waals surface area contributed by atoms with Crippen molar-refractivity contribution >= 4 is 11.9 Å². The quantitative estimate of drug-likeness (QED) is 0.562. The topological polar surface area (TPSA) is 53.9 Å². The van der Waals surface area contributed by atoms with Gasteiger partial charge >= 0.3 is 6.03 Å². The summed E-state index contributed by atoms with van der Waals surface area (Å²) in [7, 11) is 1.70. The zero-order chi connectivity index (χ0) is 8.55. The van der Waals surface area contributed by atoms with Crippen molar-refractivity contribution in [2.45, 2.75) is 6.42 Å². The second-order valence-electron chi connectivity index (χ2n) is 2.72. The number of carbonyl (C=O) groups is 1. The van der Waals surface area contributed by atoms with Crippen LogP contribution in [0, 0.1) is 0 Å². The molecular formula is C7H9N3O2. The number of urea groups is 1. The van der Waals surface area contributed by atoms with Crippen LogP contribution < -0.4 is 5.32 Å². The molecule has 0 radical (unpaired) electrons.